The number of aromatic nitrogens is 4. The number of aliphatic hydroxyl groups is 3. The molecular formula is C54H97F2N5O25P2. The maximum absolute atomic E-state index is 15.1. The number of esters is 4. The fourth-order valence-corrected chi connectivity index (χ4v) is 8.23. The Hall–Kier alpha value is -4.92. The van der Waals surface area contributed by atoms with Crippen LogP contribution in [0, 0.1) is 21.7 Å². The molecule has 2 aliphatic heterocycles. The molecule has 8 atom stereocenters. The number of carbonyl (C=O) groups is 4. The Morgan fingerprint density at radius 2 is 0.864 bits per heavy atom. The number of nitrogens with zero attached hydrogens (tertiary/aromatic N) is 3. The number of hydrogen-bond acceptors (Lipinski definition) is 25. The molecule has 4 rings (SSSR count). The number of phosphoric acid groups is 2. The fourth-order valence-electron chi connectivity index (χ4n) is 6.82. The first-order valence-corrected chi connectivity index (χ1v) is 30.2. The Morgan fingerprint density at radius 1 is 0.568 bits per heavy atom. The molecule has 0 bridgehead atoms. The Labute approximate surface area is 512 Å². The van der Waals surface area contributed by atoms with Gasteiger partial charge < -0.3 is 53.5 Å². The maximum atomic E-state index is 15.1. The van der Waals surface area contributed by atoms with Gasteiger partial charge in [-0.2, -0.15) is 0 Å². The number of aromatic amines is 2. The predicted molar refractivity (Wildman–Crippen MR) is 314 cm³/mol. The molecule has 2 saturated heterocycles. The van der Waals surface area contributed by atoms with E-state index in [0.717, 1.165) is 33.7 Å². The standard InChI is InChI=1S/C23H36FN2O12P.C12H23O8P.C11H15FN2O5.C6H15N.2CH4/c1-8-23(16(28)15(24)17(38-23)26-10-9-14(27)25-20(26)31)11-35-39(32,36-12-33-18(29)21(2,3)4)37-13-34-19(30)22(5,6)7;1-11(2,3)9(13)17-7-19-21(15,16)20-8-18-10(14)12(4,5)6;1-2-11(5-15)8(17)7(12)9(19-11)14-4-3-6(16)13-10(14)18;1-4-7(5-2)6-3;;/h9-10,15-17,28H,8,11-13H2,1-7H3,(H,25,27,31);7-8H2,1-6H3,(H,15,16);3-4,7-9,15,17H,2,5H2,1H3,(H,13,16,18);4-6H2,1-3H3;2*1H4/t15-,16+,17-,23-;;7-,8+,9-,11-;;;/m1.1.../s1. The highest BCUT2D eigenvalue weighted by molar-refractivity contribution is 7.48. The number of halogens is 2. The molecule has 2 aromatic rings. The van der Waals surface area contributed by atoms with Crippen molar-refractivity contribution in [3.05, 3.63) is 66.2 Å². The molecule has 0 aliphatic carbocycles. The minimum atomic E-state index is -4.68. The number of phosphoric ester groups is 2. The number of rotatable bonds is 23. The highest BCUT2D eigenvalue weighted by Gasteiger charge is 2.57. The van der Waals surface area contributed by atoms with Gasteiger partial charge >= 0.3 is 50.9 Å². The Kier molecular flexibility index (Phi) is 35.0. The van der Waals surface area contributed by atoms with E-state index in [9.17, 15) is 72.1 Å². The molecule has 2 aliphatic rings. The predicted octanol–water partition coefficient (Wildman–Crippen LogP) is 5.90. The SMILES string of the molecule is C.C.CC(C)(C)C(=O)OCOP(=O)(O)OCOC(=O)C(C)(C)C.CCN(CC)CC.CC[C@]1(CO)O[C@@H](n2ccc(=O)[nH]c2=O)[C@H](F)[C@@H]1O.CC[C@]1(COP(=O)(OCOC(=O)C(C)(C)C)OCOC(=O)C(C)(C)C)O[C@@H](n2ccc(=O)[nH]c2=O)[C@H](F)[C@@H]1O. The molecule has 88 heavy (non-hydrogen) atoms. The number of aliphatic hydroxyl groups excluding tert-OH is 3. The van der Waals surface area contributed by atoms with Crippen LogP contribution in [0.15, 0.2) is 43.7 Å². The molecule has 0 radical (unpaired) electrons. The van der Waals surface area contributed by atoms with Gasteiger partial charge in [-0.1, -0.05) is 49.5 Å². The summed E-state index contributed by atoms with van der Waals surface area (Å²) in [5.74, 6) is -2.58. The molecule has 0 saturated carbocycles. The van der Waals surface area contributed by atoms with Gasteiger partial charge in [0.2, 0.25) is 27.2 Å². The van der Waals surface area contributed by atoms with Crippen molar-refractivity contribution in [3.63, 3.8) is 0 Å². The molecule has 6 N–H and O–H groups in total. The molecule has 0 unspecified atom stereocenters. The molecule has 2 aromatic heterocycles. The average molecular weight is 1320 g/mol. The average Bonchev–Trinajstić information content (AvgIpc) is 2.00. The van der Waals surface area contributed by atoms with Gasteiger partial charge in [0.05, 0.1) is 34.9 Å². The van der Waals surface area contributed by atoms with E-state index in [0.29, 0.717) is 0 Å². The molecule has 30 nitrogen and oxygen atoms in total. The third-order valence-corrected chi connectivity index (χ3v) is 14.7. The second-order valence-corrected chi connectivity index (χ2v) is 26.5. The zero-order valence-electron chi connectivity index (χ0n) is 51.9. The minimum Gasteiger partial charge on any atom is -0.437 e. The zero-order valence-corrected chi connectivity index (χ0v) is 53.7. The summed E-state index contributed by atoms with van der Waals surface area (Å²) in [6, 6.07) is 2.02. The lowest BCUT2D eigenvalue weighted by Gasteiger charge is -2.31. The summed E-state index contributed by atoms with van der Waals surface area (Å²) in [7, 11) is -9.15. The lowest BCUT2D eigenvalue weighted by atomic mass is 9.94. The van der Waals surface area contributed by atoms with E-state index >= 15 is 4.39 Å². The van der Waals surface area contributed by atoms with Crippen molar-refractivity contribution in [1.29, 1.82) is 0 Å². The first-order chi connectivity index (χ1) is 39.4. The van der Waals surface area contributed by atoms with Crippen LogP contribution in [0.5, 0.6) is 0 Å². The summed E-state index contributed by atoms with van der Waals surface area (Å²) in [4.78, 5) is 108. The fraction of sp³-hybridized carbons (Fsp3) is 0.778. The van der Waals surface area contributed by atoms with E-state index in [-0.39, 0.29) is 27.7 Å². The highest BCUT2D eigenvalue weighted by Crippen LogP contribution is 2.52. The normalized spacial score (nSPS) is 22.0. The van der Waals surface area contributed by atoms with Crippen molar-refractivity contribution in [1.82, 2.24) is 24.0 Å². The Balaban J connectivity index is 0. The van der Waals surface area contributed by atoms with Gasteiger partial charge in [-0.05, 0) is 116 Å². The van der Waals surface area contributed by atoms with Gasteiger partial charge in [0.25, 0.3) is 11.1 Å². The van der Waals surface area contributed by atoms with Crippen molar-refractivity contribution in [2.75, 3.05) is 60.0 Å². The number of nitrogens with one attached hydrogen (secondary N) is 2. The van der Waals surface area contributed by atoms with Crippen LogP contribution in [0.2, 0.25) is 0 Å². The lowest BCUT2D eigenvalue weighted by molar-refractivity contribution is -0.166. The molecule has 0 aromatic carbocycles. The topological polar surface area (TPSA) is 398 Å². The second kappa shape index (κ2) is 36.2. The molecule has 0 spiro atoms. The van der Waals surface area contributed by atoms with Crippen LogP contribution in [-0.4, -0.2) is 164 Å². The van der Waals surface area contributed by atoms with E-state index in [1.54, 1.807) is 90.0 Å². The van der Waals surface area contributed by atoms with Gasteiger partial charge in [0, 0.05) is 24.5 Å². The molecule has 512 valence electrons. The summed E-state index contributed by atoms with van der Waals surface area (Å²) in [5.41, 5.74) is -9.77. The Bertz CT molecular complexity index is 2760. The summed E-state index contributed by atoms with van der Waals surface area (Å²) in [6.45, 7) is 27.9. The molecular weight excluding hydrogens is 1220 g/mol. The molecule has 34 heteroatoms. The number of H-pyrrole nitrogens is 2. The monoisotopic (exact) mass is 1320 g/mol. The third-order valence-electron chi connectivity index (χ3n) is 12.5. The number of carbonyl (C=O) groups excluding carboxylic acids is 4. The quantitative estimate of drug-likeness (QED) is 0.0326. The highest BCUT2D eigenvalue weighted by atomic mass is 31.2. The van der Waals surface area contributed by atoms with E-state index in [2.05, 4.69) is 44.2 Å². The van der Waals surface area contributed by atoms with Crippen molar-refractivity contribution in [2.45, 2.75) is 194 Å². The minimum absolute atomic E-state index is 0. The first kappa shape index (κ1) is 85.1. The lowest BCUT2D eigenvalue weighted by Crippen LogP contribution is -2.45. The van der Waals surface area contributed by atoms with Crippen molar-refractivity contribution in [2.24, 2.45) is 21.7 Å². The molecule has 2 fully saturated rings. The van der Waals surface area contributed by atoms with Gasteiger partial charge in [-0.25, -0.2) is 45.6 Å². The summed E-state index contributed by atoms with van der Waals surface area (Å²) in [6.07, 6.45) is -8.32. The van der Waals surface area contributed by atoms with Crippen LogP contribution in [0.1, 0.15) is 158 Å². The second-order valence-electron chi connectivity index (χ2n) is 23.3. The van der Waals surface area contributed by atoms with Crippen LogP contribution >= 0.6 is 15.6 Å². The number of alkyl halides is 2. The summed E-state index contributed by atoms with van der Waals surface area (Å²) in [5, 5.41) is 29.8. The van der Waals surface area contributed by atoms with Gasteiger partial charge in [0.1, 0.15) is 23.4 Å². The molecule has 0 amide bonds. The smallest absolute Gasteiger partial charge is 0.437 e. The van der Waals surface area contributed by atoms with Crippen LogP contribution in [0.3, 0.4) is 0 Å². The van der Waals surface area contributed by atoms with Gasteiger partial charge in [-0.3, -0.25) is 52.4 Å². The summed E-state index contributed by atoms with van der Waals surface area (Å²) < 4.78 is 110. The zero-order chi connectivity index (χ0) is 66.6. The van der Waals surface area contributed by atoms with Crippen LogP contribution in [0.4, 0.5) is 8.78 Å². The Morgan fingerprint density at radius 3 is 1.11 bits per heavy atom. The van der Waals surface area contributed by atoms with Crippen LogP contribution in [-0.2, 0) is 79.3 Å². The van der Waals surface area contributed by atoms with Crippen molar-refractivity contribution < 1.29 is 108 Å². The summed E-state index contributed by atoms with van der Waals surface area (Å²) >= 11 is 0. The number of hydrogen-bond donors (Lipinski definition) is 6. The van der Waals surface area contributed by atoms with Gasteiger partial charge in [-0.15, -0.1) is 0 Å². The van der Waals surface area contributed by atoms with E-state index in [1.165, 1.54) is 26.6 Å². The van der Waals surface area contributed by atoms with E-state index in [1.807, 2.05) is 9.97 Å². The van der Waals surface area contributed by atoms with Crippen LogP contribution in [0.25, 0.3) is 0 Å². The molecule has 4 heterocycles. The maximum Gasteiger partial charge on any atom is 0.480 e. The van der Waals surface area contributed by atoms with Gasteiger partial charge in [0.15, 0.2) is 24.8 Å². The van der Waals surface area contributed by atoms with E-state index < -0.39 is 172 Å². The van der Waals surface area contributed by atoms with Crippen LogP contribution < -0.4 is 22.5 Å². The van der Waals surface area contributed by atoms with E-state index in [4.69, 9.17) is 32.5 Å². The first-order valence-electron chi connectivity index (χ1n) is 27.2. The van der Waals surface area contributed by atoms with Crippen molar-refractivity contribution in [3.8, 4) is 0 Å². The van der Waals surface area contributed by atoms with Crippen molar-refractivity contribution >= 4 is 39.5 Å². The largest absolute Gasteiger partial charge is 0.480 e. The third kappa shape index (κ3) is 26.1. The number of ether oxygens (including phenoxy) is 6.